The van der Waals surface area contributed by atoms with Crippen molar-refractivity contribution in [2.45, 2.75) is 72.6 Å². The van der Waals surface area contributed by atoms with Crippen LogP contribution in [0.15, 0.2) is 24.3 Å². The number of nitrogens with one attached hydrogen (secondary N) is 2. The van der Waals surface area contributed by atoms with Gasteiger partial charge in [-0.3, -0.25) is 14.5 Å². The summed E-state index contributed by atoms with van der Waals surface area (Å²) in [6.07, 6.45) is 7.63. The van der Waals surface area contributed by atoms with Crippen LogP contribution in [0.4, 0.5) is 10.7 Å². The number of rotatable bonds is 7. The first kappa shape index (κ1) is 26.7. The lowest BCUT2D eigenvalue weighted by atomic mass is 9.72. The molecule has 2 N–H and O–H groups in total. The maximum atomic E-state index is 13.6. The fourth-order valence-electron chi connectivity index (χ4n) is 5.31. The summed E-state index contributed by atoms with van der Waals surface area (Å²) in [5.41, 5.74) is 2.67. The minimum absolute atomic E-state index is 0.0296. The molecule has 1 unspecified atom stereocenters. The normalized spacial score (nSPS) is 18.7. The molecule has 1 atom stereocenters. The molecule has 7 heteroatoms. The molecule has 1 aliphatic carbocycles. The molecule has 0 bridgehead atoms. The van der Waals surface area contributed by atoms with Crippen molar-refractivity contribution in [3.8, 4) is 5.75 Å². The molecular weight excluding hydrogens is 470 g/mol. The molecule has 1 aromatic heterocycles. The van der Waals surface area contributed by atoms with Crippen molar-refractivity contribution in [1.29, 1.82) is 0 Å². The van der Waals surface area contributed by atoms with E-state index in [-0.39, 0.29) is 17.2 Å². The zero-order valence-electron chi connectivity index (χ0n) is 22.2. The number of hydrogen-bond donors (Lipinski definition) is 2. The molecule has 0 saturated carbocycles. The first-order valence-corrected chi connectivity index (χ1v) is 14.3. The van der Waals surface area contributed by atoms with E-state index in [4.69, 9.17) is 4.74 Å². The standard InChI is InChI=1S/C29H41N3O3S/c1-5-35-22-13-11-21(12-14-22)30-27(34)26-23-15-10-20(29(2,3)4)18-24(23)36-28(26)31-25(33)19-32-16-8-6-7-9-17-32/h11-14,20H,5-10,15-19H2,1-4H3,(H,30,34)(H,31,33). The Hall–Kier alpha value is -2.38. The molecule has 4 rings (SSSR count). The summed E-state index contributed by atoms with van der Waals surface area (Å²) in [7, 11) is 0. The number of carbonyl (C=O) groups excluding carboxylic acids is 2. The van der Waals surface area contributed by atoms with Crippen LogP contribution in [0.2, 0.25) is 0 Å². The number of likely N-dealkylation sites (tertiary alicyclic amines) is 1. The molecule has 0 radical (unpaired) electrons. The molecule has 36 heavy (non-hydrogen) atoms. The zero-order valence-corrected chi connectivity index (χ0v) is 23.1. The monoisotopic (exact) mass is 511 g/mol. The van der Waals surface area contributed by atoms with Crippen molar-refractivity contribution in [2.75, 3.05) is 36.9 Å². The fraction of sp³-hybridized carbons (Fsp3) is 0.586. The van der Waals surface area contributed by atoms with Crippen LogP contribution in [0, 0.1) is 11.3 Å². The second-order valence-electron chi connectivity index (χ2n) is 11.2. The highest BCUT2D eigenvalue weighted by Gasteiger charge is 2.34. The van der Waals surface area contributed by atoms with Gasteiger partial charge >= 0.3 is 0 Å². The van der Waals surface area contributed by atoms with E-state index in [2.05, 4.69) is 36.3 Å². The smallest absolute Gasteiger partial charge is 0.258 e. The minimum atomic E-state index is -0.157. The van der Waals surface area contributed by atoms with Gasteiger partial charge in [-0.1, -0.05) is 33.6 Å². The summed E-state index contributed by atoms with van der Waals surface area (Å²) in [5, 5.41) is 6.89. The number of benzene rings is 1. The molecule has 2 heterocycles. The van der Waals surface area contributed by atoms with Crippen LogP contribution < -0.4 is 15.4 Å². The van der Waals surface area contributed by atoms with Crippen LogP contribution >= 0.6 is 11.3 Å². The Morgan fingerprint density at radius 1 is 1.06 bits per heavy atom. The summed E-state index contributed by atoms with van der Waals surface area (Å²) < 4.78 is 5.52. The van der Waals surface area contributed by atoms with Gasteiger partial charge in [0, 0.05) is 10.6 Å². The molecule has 1 fully saturated rings. The summed E-state index contributed by atoms with van der Waals surface area (Å²) in [4.78, 5) is 30.1. The maximum Gasteiger partial charge on any atom is 0.258 e. The number of hydrogen-bond acceptors (Lipinski definition) is 5. The van der Waals surface area contributed by atoms with Crippen molar-refractivity contribution >= 4 is 33.8 Å². The number of anilines is 2. The summed E-state index contributed by atoms with van der Waals surface area (Å²) in [5.74, 6) is 1.15. The Kier molecular flexibility index (Phi) is 8.73. The van der Waals surface area contributed by atoms with Crippen LogP contribution in [0.5, 0.6) is 5.75 Å². The van der Waals surface area contributed by atoms with Crippen LogP contribution in [0.1, 0.15) is 80.6 Å². The van der Waals surface area contributed by atoms with E-state index >= 15 is 0 Å². The van der Waals surface area contributed by atoms with Gasteiger partial charge in [-0.2, -0.15) is 0 Å². The largest absolute Gasteiger partial charge is 0.494 e. The van der Waals surface area contributed by atoms with Gasteiger partial charge < -0.3 is 15.4 Å². The van der Waals surface area contributed by atoms with Gasteiger partial charge in [0.1, 0.15) is 10.8 Å². The van der Waals surface area contributed by atoms with Gasteiger partial charge in [0.2, 0.25) is 5.91 Å². The van der Waals surface area contributed by atoms with Gasteiger partial charge in [-0.05, 0) is 93.3 Å². The van der Waals surface area contributed by atoms with Crippen LogP contribution in [-0.4, -0.2) is 43.0 Å². The predicted octanol–water partition coefficient (Wildman–Crippen LogP) is 6.36. The van der Waals surface area contributed by atoms with E-state index in [1.165, 1.54) is 17.7 Å². The number of amides is 2. The SMILES string of the molecule is CCOc1ccc(NC(=O)c2c(NC(=O)CN3CCCCCC3)sc3c2CCC(C(C)(C)C)C3)cc1. The van der Waals surface area contributed by atoms with Gasteiger partial charge in [0.15, 0.2) is 0 Å². The van der Waals surface area contributed by atoms with Gasteiger partial charge in [-0.25, -0.2) is 0 Å². The van der Waals surface area contributed by atoms with E-state index in [9.17, 15) is 9.59 Å². The second-order valence-corrected chi connectivity index (χ2v) is 12.3. The fourth-order valence-corrected chi connectivity index (χ4v) is 6.65. The number of fused-ring (bicyclic) bond motifs is 1. The zero-order chi connectivity index (χ0) is 25.7. The van der Waals surface area contributed by atoms with E-state index < -0.39 is 0 Å². The number of thiophene rings is 1. The number of nitrogens with zero attached hydrogens (tertiary/aromatic N) is 1. The summed E-state index contributed by atoms with van der Waals surface area (Å²) in [6.45, 7) is 11.7. The van der Waals surface area contributed by atoms with Crippen molar-refractivity contribution in [3.63, 3.8) is 0 Å². The Balaban J connectivity index is 1.55. The molecule has 1 saturated heterocycles. The Bertz CT molecular complexity index is 1050. The molecule has 6 nitrogen and oxygen atoms in total. The lowest BCUT2D eigenvalue weighted by Crippen LogP contribution is -2.34. The van der Waals surface area contributed by atoms with Crippen LogP contribution in [-0.2, 0) is 17.6 Å². The maximum absolute atomic E-state index is 13.6. The number of ether oxygens (including phenoxy) is 1. The molecule has 2 aliphatic rings. The molecule has 196 valence electrons. The van der Waals surface area contributed by atoms with E-state index in [0.717, 1.165) is 56.5 Å². The third-order valence-corrected chi connectivity index (χ3v) is 8.63. The topological polar surface area (TPSA) is 70.7 Å². The quantitative estimate of drug-likeness (QED) is 0.453. The molecule has 1 aliphatic heterocycles. The van der Waals surface area contributed by atoms with Gasteiger partial charge in [0.05, 0.1) is 18.7 Å². The molecular formula is C29H41N3O3S. The van der Waals surface area contributed by atoms with Crippen molar-refractivity contribution in [1.82, 2.24) is 4.90 Å². The Labute approximate surface area is 219 Å². The third kappa shape index (κ3) is 6.68. The van der Waals surface area contributed by atoms with Crippen molar-refractivity contribution in [2.24, 2.45) is 11.3 Å². The van der Waals surface area contributed by atoms with Gasteiger partial charge in [0.25, 0.3) is 5.91 Å². The first-order valence-electron chi connectivity index (χ1n) is 13.5. The highest BCUT2D eigenvalue weighted by atomic mass is 32.1. The van der Waals surface area contributed by atoms with E-state index in [1.54, 1.807) is 11.3 Å². The van der Waals surface area contributed by atoms with Crippen molar-refractivity contribution in [3.05, 3.63) is 40.3 Å². The lowest BCUT2D eigenvalue weighted by molar-refractivity contribution is -0.117. The average Bonchev–Trinajstić information content (AvgIpc) is 2.98. The van der Waals surface area contributed by atoms with Gasteiger partial charge in [-0.15, -0.1) is 11.3 Å². The molecule has 0 spiro atoms. The van der Waals surface area contributed by atoms with Crippen LogP contribution in [0.25, 0.3) is 0 Å². The predicted molar refractivity (Wildman–Crippen MR) is 148 cm³/mol. The van der Waals surface area contributed by atoms with E-state index in [1.807, 2.05) is 31.2 Å². The average molecular weight is 512 g/mol. The second kappa shape index (κ2) is 11.8. The van der Waals surface area contributed by atoms with Crippen molar-refractivity contribution < 1.29 is 14.3 Å². The Morgan fingerprint density at radius 2 is 1.75 bits per heavy atom. The molecule has 1 aromatic carbocycles. The Morgan fingerprint density at radius 3 is 2.39 bits per heavy atom. The van der Waals surface area contributed by atoms with Crippen LogP contribution in [0.3, 0.4) is 0 Å². The summed E-state index contributed by atoms with van der Waals surface area (Å²) in [6, 6.07) is 7.43. The lowest BCUT2D eigenvalue weighted by Gasteiger charge is -2.33. The summed E-state index contributed by atoms with van der Waals surface area (Å²) >= 11 is 1.59. The number of carbonyl (C=O) groups is 2. The van der Waals surface area contributed by atoms with E-state index in [0.29, 0.717) is 35.3 Å². The highest BCUT2D eigenvalue weighted by Crippen LogP contribution is 2.44. The third-order valence-electron chi connectivity index (χ3n) is 7.46. The highest BCUT2D eigenvalue weighted by molar-refractivity contribution is 7.17. The minimum Gasteiger partial charge on any atom is -0.494 e. The first-order chi connectivity index (χ1) is 17.2. The molecule has 2 aromatic rings. The molecule has 2 amide bonds.